The Hall–Kier alpha value is -2.94. The molecule has 0 aliphatic rings. The number of amides is 1. The quantitative estimate of drug-likeness (QED) is 0.534. The molecule has 1 N–H and O–H groups in total. The second-order valence-electron chi connectivity index (χ2n) is 7.50. The van der Waals surface area contributed by atoms with Crippen LogP contribution in [0, 0.1) is 6.92 Å². The van der Waals surface area contributed by atoms with Crippen LogP contribution in [-0.2, 0) is 0 Å². The average molecular weight is 432 g/mol. The Balaban J connectivity index is 1.71. The lowest BCUT2D eigenvalue weighted by Gasteiger charge is -2.17. The Morgan fingerprint density at radius 2 is 1.73 bits per heavy atom. The van der Waals surface area contributed by atoms with Crippen LogP contribution < -0.4 is 10.1 Å². The van der Waals surface area contributed by atoms with Gasteiger partial charge in [-0.3, -0.25) is 4.79 Å². The van der Waals surface area contributed by atoms with Crippen LogP contribution in [-0.4, -0.2) is 32.3 Å². The number of rotatable bonds is 6. The van der Waals surface area contributed by atoms with Gasteiger partial charge in [0, 0.05) is 15.3 Å². The molecule has 0 spiro atoms. The van der Waals surface area contributed by atoms with Crippen LogP contribution >= 0.6 is 11.8 Å². The topological polar surface area (TPSA) is 69.0 Å². The first-order chi connectivity index (χ1) is 14.1. The van der Waals surface area contributed by atoms with Crippen molar-refractivity contribution in [3.8, 4) is 11.4 Å². The van der Waals surface area contributed by atoms with Gasteiger partial charge >= 0.3 is 6.61 Å². The van der Waals surface area contributed by atoms with E-state index in [4.69, 9.17) is 0 Å². The summed E-state index contributed by atoms with van der Waals surface area (Å²) in [4.78, 5) is 13.7. The minimum Gasteiger partial charge on any atom is -0.435 e. The Bertz CT molecular complexity index is 1010. The van der Waals surface area contributed by atoms with Crippen LogP contribution in [0.1, 0.15) is 37.0 Å². The third kappa shape index (κ3) is 5.56. The lowest BCUT2D eigenvalue weighted by atomic mass is 10.2. The second-order valence-corrected chi connectivity index (χ2v) is 9.40. The number of alkyl halides is 2. The summed E-state index contributed by atoms with van der Waals surface area (Å²) in [5, 5.41) is 10.8. The van der Waals surface area contributed by atoms with E-state index >= 15 is 0 Å². The molecular formula is C21H22F2N4O2S. The summed E-state index contributed by atoms with van der Waals surface area (Å²) >= 11 is 1.74. The molecule has 158 valence electrons. The van der Waals surface area contributed by atoms with Gasteiger partial charge in [0.25, 0.3) is 5.91 Å². The normalized spacial score (nSPS) is 11.6. The van der Waals surface area contributed by atoms with Crippen LogP contribution in [0.2, 0.25) is 0 Å². The summed E-state index contributed by atoms with van der Waals surface area (Å²) in [7, 11) is 0. The van der Waals surface area contributed by atoms with E-state index in [1.54, 1.807) is 30.8 Å². The lowest BCUT2D eigenvalue weighted by Crippen LogP contribution is -2.14. The summed E-state index contributed by atoms with van der Waals surface area (Å²) in [6, 6.07) is 13.5. The Morgan fingerprint density at radius 3 is 2.30 bits per heavy atom. The number of nitrogens with zero attached hydrogens (tertiary/aromatic N) is 3. The second kappa shape index (κ2) is 8.83. The molecule has 3 rings (SSSR count). The van der Waals surface area contributed by atoms with Crippen LogP contribution in [0.15, 0.2) is 53.4 Å². The summed E-state index contributed by atoms with van der Waals surface area (Å²) in [6.45, 7) is 5.23. The number of nitrogens with one attached hydrogen (secondary N) is 1. The van der Waals surface area contributed by atoms with E-state index in [9.17, 15) is 13.6 Å². The number of hydrogen-bond acceptors (Lipinski definition) is 5. The minimum atomic E-state index is -2.89. The SMILES string of the molecule is Cc1c(C(=O)Nc2ccc(SC(C)(C)C)cc2)nnn1-c1ccc(OC(F)F)cc1. The minimum absolute atomic E-state index is 0.0394. The number of carbonyl (C=O) groups is 1. The predicted octanol–water partition coefficient (Wildman–Crippen LogP) is 5.32. The summed E-state index contributed by atoms with van der Waals surface area (Å²) in [6.07, 6.45) is 0. The number of halogens is 2. The van der Waals surface area contributed by atoms with Gasteiger partial charge in [0.15, 0.2) is 5.69 Å². The van der Waals surface area contributed by atoms with E-state index in [0.29, 0.717) is 17.1 Å². The fraction of sp³-hybridized carbons (Fsp3) is 0.286. The molecule has 0 radical (unpaired) electrons. The highest BCUT2D eigenvalue weighted by Crippen LogP contribution is 2.32. The third-order valence-electron chi connectivity index (χ3n) is 3.95. The highest BCUT2D eigenvalue weighted by atomic mass is 32.2. The van der Waals surface area contributed by atoms with Gasteiger partial charge in [0.1, 0.15) is 5.75 Å². The van der Waals surface area contributed by atoms with Gasteiger partial charge in [-0.25, -0.2) is 4.68 Å². The number of carbonyl (C=O) groups excluding carboxylic acids is 1. The van der Waals surface area contributed by atoms with E-state index in [2.05, 4.69) is 41.1 Å². The van der Waals surface area contributed by atoms with E-state index in [0.717, 1.165) is 4.90 Å². The Kier molecular flexibility index (Phi) is 6.40. The number of aromatic nitrogens is 3. The van der Waals surface area contributed by atoms with Crippen molar-refractivity contribution in [2.45, 2.75) is 43.9 Å². The maximum atomic E-state index is 12.6. The Morgan fingerprint density at radius 1 is 1.10 bits per heavy atom. The molecular weight excluding hydrogens is 410 g/mol. The molecule has 1 amide bonds. The highest BCUT2D eigenvalue weighted by Gasteiger charge is 2.18. The molecule has 2 aromatic carbocycles. The summed E-state index contributed by atoms with van der Waals surface area (Å²) < 4.78 is 30.5. The zero-order valence-corrected chi connectivity index (χ0v) is 17.8. The first-order valence-electron chi connectivity index (χ1n) is 9.20. The molecule has 0 unspecified atom stereocenters. The molecule has 1 heterocycles. The first-order valence-corrected chi connectivity index (χ1v) is 10.0. The van der Waals surface area contributed by atoms with Crippen molar-refractivity contribution < 1.29 is 18.3 Å². The van der Waals surface area contributed by atoms with Crippen molar-refractivity contribution in [1.82, 2.24) is 15.0 Å². The molecule has 0 saturated carbocycles. The lowest BCUT2D eigenvalue weighted by molar-refractivity contribution is -0.0498. The summed E-state index contributed by atoms with van der Waals surface area (Å²) in [5.41, 5.74) is 1.93. The van der Waals surface area contributed by atoms with E-state index < -0.39 is 6.61 Å². The summed E-state index contributed by atoms with van der Waals surface area (Å²) in [5.74, 6) is -0.342. The molecule has 0 bridgehead atoms. The van der Waals surface area contributed by atoms with Crippen LogP contribution in [0.4, 0.5) is 14.5 Å². The van der Waals surface area contributed by atoms with Gasteiger partial charge in [-0.2, -0.15) is 8.78 Å². The molecule has 3 aromatic rings. The van der Waals surface area contributed by atoms with Crippen molar-refractivity contribution in [2.75, 3.05) is 5.32 Å². The smallest absolute Gasteiger partial charge is 0.387 e. The van der Waals surface area contributed by atoms with Gasteiger partial charge in [-0.1, -0.05) is 26.0 Å². The van der Waals surface area contributed by atoms with Crippen LogP contribution in [0.5, 0.6) is 5.75 Å². The van der Waals surface area contributed by atoms with Gasteiger partial charge in [-0.15, -0.1) is 16.9 Å². The number of thioether (sulfide) groups is 1. The van der Waals surface area contributed by atoms with Crippen molar-refractivity contribution in [1.29, 1.82) is 0 Å². The van der Waals surface area contributed by atoms with E-state index in [1.165, 1.54) is 16.8 Å². The molecule has 30 heavy (non-hydrogen) atoms. The molecule has 1 aromatic heterocycles. The zero-order chi connectivity index (χ0) is 21.9. The van der Waals surface area contributed by atoms with Crippen LogP contribution in [0.25, 0.3) is 5.69 Å². The molecule has 9 heteroatoms. The number of benzene rings is 2. The zero-order valence-electron chi connectivity index (χ0n) is 17.0. The third-order valence-corrected chi connectivity index (χ3v) is 5.07. The van der Waals surface area contributed by atoms with Crippen molar-refractivity contribution in [2.24, 2.45) is 0 Å². The van der Waals surface area contributed by atoms with Gasteiger partial charge in [-0.05, 0) is 55.5 Å². The Labute approximate surface area is 177 Å². The number of ether oxygens (including phenoxy) is 1. The molecule has 0 aliphatic heterocycles. The fourth-order valence-electron chi connectivity index (χ4n) is 2.70. The largest absolute Gasteiger partial charge is 0.435 e. The molecule has 6 nitrogen and oxygen atoms in total. The maximum absolute atomic E-state index is 12.6. The standard InChI is InChI=1S/C21H22F2N4O2S/c1-13-18(19(28)24-14-5-11-17(12-6-14)30-21(2,3)4)25-26-27(13)15-7-9-16(10-8-15)29-20(22)23/h5-12,20H,1-4H3,(H,24,28). The molecule has 0 aliphatic carbocycles. The van der Waals surface area contributed by atoms with Crippen molar-refractivity contribution >= 4 is 23.4 Å². The number of hydrogen-bond donors (Lipinski definition) is 1. The van der Waals surface area contributed by atoms with Gasteiger partial charge in [0.05, 0.1) is 11.4 Å². The highest BCUT2D eigenvalue weighted by molar-refractivity contribution is 8.00. The van der Waals surface area contributed by atoms with Crippen LogP contribution in [0.3, 0.4) is 0 Å². The van der Waals surface area contributed by atoms with E-state index in [-0.39, 0.29) is 22.1 Å². The number of anilines is 1. The fourth-order valence-corrected chi connectivity index (χ4v) is 3.68. The van der Waals surface area contributed by atoms with Gasteiger partial charge < -0.3 is 10.1 Å². The molecule has 0 saturated heterocycles. The molecule has 0 fully saturated rings. The maximum Gasteiger partial charge on any atom is 0.387 e. The van der Waals surface area contributed by atoms with Gasteiger partial charge in [0.2, 0.25) is 0 Å². The van der Waals surface area contributed by atoms with Crippen molar-refractivity contribution in [3.63, 3.8) is 0 Å². The monoisotopic (exact) mass is 432 g/mol. The first kappa shape index (κ1) is 21.8. The molecule has 0 atom stereocenters. The van der Waals surface area contributed by atoms with E-state index in [1.807, 2.05) is 24.3 Å². The predicted molar refractivity (Wildman–Crippen MR) is 113 cm³/mol. The average Bonchev–Trinajstić information content (AvgIpc) is 3.04. The van der Waals surface area contributed by atoms with Crippen molar-refractivity contribution in [3.05, 3.63) is 59.9 Å².